The maximum atomic E-state index is 13.5. The van der Waals surface area contributed by atoms with Crippen molar-refractivity contribution in [3.63, 3.8) is 0 Å². The van der Waals surface area contributed by atoms with Crippen molar-refractivity contribution in [3.05, 3.63) is 58.9 Å². The number of amides is 1. The monoisotopic (exact) mass is 345 g/mol. The molecule has 0 spiro atoms. The summed E-state index contributed by atoms with van der Waals surface area (Å²) in [4.78, 5) is 12.1. The molecule has 0 radical (unpaired) electrons. The predicted molar refractivity (Wildman–Crippen MR) is 82.0 cm³/mol. The molecule has 2 rings (SSSR count). The van der Waals surface area contributed by atoms with Crippen molar-refractivity contribution in [3.8, 4) is 0 Å². The Morgan fingerprint density at radius 2 is 1.91 bits per heavy atom. The summed E-state index contributed by atoms with van der Waals surface area (Å²) in [5.41, 5.74) is 0.407. The Balaban J connectivity index is 2.15. The van der Waals surface area contributed by atoms with Crippen LogP contribution in [0.1, 0.15) is 5.56 Å². The van der Waals surface area contributed by atoms with Gasteiger partial charge in [-0.3, -0.25) is 4.79 Å². The number of halogens is 4. The normalized spacial score (nSPS) is 10.8. The maximum Gasteiger partial charge on any atom is 0.289 e. The lowest BCUT2D eigenvalue weighted by Gasteiger charge is -2.12. The Kier molecular flexibility index (Phi) is 5.74. The molecule has 2 nitrogen and oxygen atoms in total. The van der Waals surface area contributed by atoms with E-state index in [4.69, 9.17) is 11.6 Å². The van der Waals surface area contributed by atoms with E-state index < -0.39 is 17.5 Å². The molecule has 22 heavy (non-hydrogen) atoms. The number of hydrogen-bond acceptors (Lipinski definition) is 2. The summed E-state index contributed by atoms with van der Waals surface area (Å²) in [6.45, 7) is 0. The lowest BCUT2D eigenvalue weighted by molar-refractivity contribution is -0.115. The van der Waals surface area contributed by atoms with Crippen LogP contribution in [0.5, 0.6) is 0 Å². The summed E-state index contributed by atoms with van der Waals surface area (Å²) in [5, 5.41) is 2.61. The second-order valence-corrected chi connectivity index (χ2v) is 5.72. The Labute approximate surface area is 134 Å². The summed E-state index contributed by atoms with van der Waals surface area (Å²) < 4.78 is 38.6. The molecule has 0 aliphatic carbocycles. The van der Waals surface area contributed by atoms with Crippen LogP contribution in [-0.4, -0.2) is 11.7 Å². The Hall–Kier alpha value is -1.66. The molecule has 0 saturated carbocycles. The van der Waals surface area contributed by atoms with Gasteiger partial charge in [0.1, 0.15) is 5.82 Å². The lowest BCUT2D eigenvalue weighted by atomic mass is 10.1. The van der Waals surface area contributed by atoms with E-state index in [1.165, 1.54) is 36.4 Å². The molecule has 0 heterocycles. The van der Waals surface area contributed by atoms with Crippen molar-refractivity contribution in [2.75, 3.05) is 5.32 Å². The molecule has 2 aromatic carbocycles. The first-order valence-corrected chi connectivity index (χ1v) is 7.49. The van der Waals surface area contributed by atoms with Crippen LogP contribution in [0.2, 0.25) is 5.02 Å². The first kappa shape index (κ1) is 16.7. The summed E-state index contributed by atoms with van der Waals surface area (Å²) in [5.74, 6) is -3.67. The number of alkyl halides is 2. The van der Waals surface area contributed by atoms with Crippen molar-refractivity contribution >= 4 is 35.0 Å². The predicted octanol–water partition coefficient (Wildman–Crippen LogP) is 4.98. The molecule has 0 aliphatic rings. The van der Waals surface area contributed by atoms with Crippen molar-refractivity contribution in [2.24, 2.45) is 0 Å². The fourth-order valence-electron chi connectivity index (χ4n) is 1.83. The van der Waals surface area contributed by atoms with Crippen LogP contribution in [0.4, 0.5) is 18.9 Å². The third-order valence-electron chi connectivity index (χ3n) is 2.76. The summed E-state index contributed by atoms with van der Waals surface area (Å²) in [6.07, 6.45) is -0.196. The molecule has 7 heteroatoms. The Bertz CT molecular complexity index is 682. The van der Waals surface area contributed by atoms with Gasteiger partial charge in [-0.2, -0.15) is 8.78 Å². The summed E-state index contributed by atoms with van der Waals surface area (Å²) >= 11 is 6.13. The van der Waals surface area contributed by atoms with Crippen LogP contribution >= 0.6 is 23.4 Å². The van der Waals surface area contributed by atoms with E-state index in [2.05, 4.69) is 5.32 Å². The minimum absolute atomic E-state index is 0.0843. The van der Waals surface area contributed by atoms with Crippen LogP contribution < -0.4 is 5.32 Å². The van der Waals surface area contributed by atoms with E-state index in [1.807, 2.05) is 0 Å². The van der Waals surface area contributed by atoms with Gasteiger partial charge in [0, 0.05) is 0 Å². The molecule has 116 valence electrons. The SMILES string of the molecule is O=C(Cc1ccccc1F)Nc1cccc(Cl)c1SC(F)F. The van der Waals surface area contributed by atoms with Crippen LogP contribution in [-0.2, 0) is 11.2 Å². The number of rotatable bonds is 5. The number of thioether (sulfide) groups is 1. The lowest BCUT2D eigenvalue weighted by Crippen LogP contribution is -2.16. The average Bonchev–Trinajstić information content (AvgIpc) is 2.45. The highest BCUT2D eigenvalue weighted by Crippen LogP contribution is 2.37. The molecule has 0 saturated heterocycles. The number of benzene rings is 2. The second-order valence-electron chi connectivity index (χ2n) is 4.31. The number of anilines is 1. The zero-order chi connectivity index (χ0) is 16.1. The van der Waals surface area contributed by atoms with Gasteiger partial charge >= 0.3 is 0 Å². The molecular formula is C15H11ClF3NOS. The first-order chi connectivity index (χ1) is 10.5. The minimum Gasteiger partial charge on any atom is -0.325 e. The zero-order valence-electron chi connectivity index (χ0n) is 11.2. The molecule has 1 amide bonds. The van der Waals surface area contributed by atoms with Gasteiger partial charge in [0.25, 0.3) is 5.76 Å². The average molecular weight is 346 g/mol. The molecule has 0 bridgehead atoms. The number of nitrogens with one attached hydrogen (secondary N) is 1. The van der Waals surface area contributed by atoms with Gasteiger partial charge in [0.05, 0.1) is 22.0 Å². The van der Waals surface area contributed by atoms with E-state index in [0.29, 0.717) is 0 Å². The van der Waals surface area contributed by atoms with Crippen LogP contribution in [0.3, 0.4) is 0 Å². The van der Waals surface area contributed by atoms with E-state index in [-0.39, 0.29) is 39.4 Å². The van der Waals surface area contributed by atoms with Gasteiger partial charge in [-0.25, -0.2) is 4.39 Å². The molecule has 2 aromatic rings. The minimum atomic E-state index is -2.66. The standard InChI is InChI=1S/C15H11ClF3NOS/c16-10-5-3-7-12(14(10)22-15(18)19)20-13(21)8-9-4-1-2-6-11(9)17/h1-7,15H,8H2,(H,20,21). The van der Waals surface area contributed by atoms with Gasteiger partial charge in [-0.05, 0) is 23.8 Å². The van der Waals surface area contributed by atoms with E-state index in [0.717, 1.165) is 0 Å². The van der Waals surface area contributed by atoms with Crippen molar-refractivity contribution in [2.45, 2.75) is 17.1 Å². The van der Waals surface area contributed by atoms with Crippen molar-refractivity contribution < 1.29 is 18.0 Å². The summed E-state index contributed by atoms with van der Waals surface area (Å²) in [7, 11) is 0. The molecule has 1 N–H and O–H groups in total. The largest absolute Gasteiger partial charge is 0.325 e. The second kappa shape index (κ2) is 7.56. The number of carbonyl (C=O) groups is 1. The molecule has 0 aromatic heterocycles. The fourth-order valence-corrected chi connectivity index (χ4v) is 2.74. The maximum absolute atomic E-state index is 13.5. The van der Waals surface area contributed by atoms with E-state index in [9.17, 15) is 18.0 Å². The highest BCUT2D eigenvalue weighted by atomic mass is 35.5. The van der Waals surface area contributed by atoms with Crippen LogP contribution in [0, 0.1) is 5.82 Å². The van der Waals surface area contributed by atoms with Gasteiger partial charge < -0.3 is 5.32 Å². The van der Waals surface area contributed by atoms with Crippen molar-refractivity contribution in [1.82, 2.24) is 0 Å². The van der Waals surface area contributed by atoms with Crippen LogP contribution in [0.15, 0.2) is 47.4 Å². The highest BCUT2D eigenvalue weighted by molar-refractivity contribution is 7.99. The third-order valence-corrected chi connectivity index (χ3v) is 4.04. The van der Waals surface area contributed by atoms with Gasteiger partial charge in [0.2, 0.25) is 5.91 Å². The van der Waals surface area contributed by atoms with Crippen molar-refractivity contribution in [1.29, 1.82) is 0 Å². The quantitative estimate of drug-likeness (QED) is 0.775. The number of hydrogen-bond donors (Lipinski definition) is 1. The van der Waals surface area contributed by atoms with E-state index in [1.54, 1.807) is 6.07 Å². The van der Waals surface area contributed by atoms with Gasteiger partial charge in [-0.15, -0.1) is 0 Å². The molecule has 0 atom stereocenters. The van der Waals surface area contributed by atoms with Gasteiger partial charge in [0.15, 0.2) is 0 Å². The Morgan fingerprint density at radius 1 is 1.18 bits per heavy atom. The fraction of sp³-hybridized carbons (Fsp3) is 0.133. The topological polar surface area (TPSA) is 29.1 Å². The summed E-state index contributed by atoms with van der Waals surface area (Å²) in [6, 6.07) is 10.3. The molecule has 0 unspecified atom stereocenters. The van der Waals surface area contributed by atoms with Gasteiger partial charge in [-0.1, -0.05) is 47.6 Å². The van der Waals surface area contributed by atoms with E-state index >= 15 is 0 Å². The van der Waals surface area contributed by atoms with Crippen LogP contribution in [0.25, 0.3) is 0 Å². The molecule has 0 aliphatic heterocycles. The molecular weight excluding hydrogens is 335 g/mol. The smallest absolute Gasteiger partial charge is 0.289 e. The first-order valence-electron chi connectivity index (χ1n) is 6.24. The third kappa shape index (κ3) is 4.42. The Morgan fingerprint density at radius 3 is 2.59 bits per heavy atom. The highest BCUT2D eigenvalue weighted by Gasteiger charge is 2.16. The number of carbonyl (C=O) groups excluding carboxylic acids is 1. The zero-order valence-corrected chi connectivity index (χ0v) is 12.7. The molecule has 0 fully saturated rings.